The van der Waals surface area contributed by atoms with Crippen LogP contribution in [0, 0.1) is 11.8 Å². The average molecular weight is 284 g/mol. The van der Waals surface area contributed by atoms with E-state index in [4.69, 9.17) is 14.2 Å². The molecule has 2 aliphatic rings. The van der Waals surface area contributed by atoms with Crippen LogP contribution in [0.3, 0.4) is 0 Å². The zero-order chi connectivity index (χ0) is 14.2. The highest BCUT2D eigenvalue weighted by Gasteiger charge is 2.36. The maximum absolute atomic E-state index is 6.32. The van der Waals surface area contributed by atoms with Crippen LogP contribution >= 0.6 is 0 Å². The second kappa shape index (κ2) is 9.01. The molecule has 0 amide bonds. The van der Waals surface area contributed by atoms with Gasteiger partial charge >= 0.3 is 0 Å². The number of ether oxygens (including phenoxy) is 3. The molecule has 3 nitrogen and oxygen atoms in total. The molecule has 0 heterocycles. The van der Waals surface area contributed by atoms with Crippen molar-refractivity contribution in [1.82, 2.24) is 0 Å². The highest BCUT2D eigenvalue weighted by molar-refractivity contribution is 4.86. The molecule has 3 heteroatoms. The molecule has 0 N–H and O–H groups in total. The topological polar surface area (TPSA) is 27.7 Å². The summed E-state index contributed by atoms with van der Waals surface area (Å²) in [6.07, 6.45) is 10.8. The van der Waals surface area contributed by atoms with Crippen molar-refractivity contribution in [3.05, 3.63) is 0 Å². The fourth-order valence-corrected chi connectivity index (χ4v) is 3.83. The van der Waals surface area contributed by atoms with Gasteiger partial charge in [-0.1, -0.05) is 32.6 Å². The largest absolute Gasteiger partial charge is 0.376 e. The molecule has 0 aromatic heterocycles. The van der Waals surface area contributed by atoms with Gasteiger partial charge in [0.1, 0.15) is 0 Å². The summed E-state index contributed by atoms with van der Waals surface area (Å²) in [5.41, 5.74) is 0. The minimum Gasteiger partial charge on any atom is -0.376 e. The van der Waals surface area contributed by atoms with Crippen LogP contribution in [0.1, 0.15) is 65.2 Å². The molecule has 2 rings (SSSR count). The second-order valence-corrected chi connectivity index (χ2v) is 6.27. The number of hydrogen-bond acceptors (Lipinski definition) is 3. The summed E-state index contributed by atoms with van der Waals surface area (Å²) in [5, 5.41) is 0. The molecule has 0 spiro atoms. The van der Waals surface area contributed by atoms with Gasteiger partial charge < -0.3 is 14.2 Å². The molecule has 0 bridgehead atoms. The molecule has 0 aromatic rings. The normalized spacial score (nSPS) is 31.8. The van der Waals surface area contributed by atoms with Gasteiger partial charge in [0.2, 0.25) is 0 Å². The van der Waals surface area contributed by atoms with E-state index in [2.05, 4.69) is 6.92 Å². The highest BCUT2D eigenvalue weighted by Crippen LogP contribution is 2.42. The van der Waals surface area contributed by atoms with Crippen LogP contribution in [0.5, 0.6) is 0 Å². The maximum Gasteiger partial charge on any atom is 0.181 e. The summed E-state index contributed by atoms with van der Waals surface area (Å²) in [6, 6.07) is 0. The summed E-state index contributed by atoms with van der Waals surface area (Å²) in [5.74, 6) is 1.67. The van der Waals surface area contributed by atoms with E-state index in [1.807, 2.05) is 6.92 Å². The van der Waals surface area contributed by atoms with Crippen molar-refractivity contribution in [3.63, 3.8) is 0 Å². The summed E-state index contributed by atoms with van der Waals surface area (Å²) in [6.45, 7) is 6.22. The average Bonchev–Trinajstić information content (AvgIpc) is 2.50. The first-order chi connectivity index (χ1) is 9.85. The van der Waals surface area contributed by atoms with E-state index < -0.39 is 0 Å². The molecule has 2 fully saturated rings. The summed E-state index contributed by atoms with van der Waals surface area (Å²) in [7, 11) is 0. The van der Waals surface area contributed by atoms with Crippen molar-refractivity contribution in [2.45, 2.75) is 77.6 Å². The molecule has 20 heavy (non-hydrogen) atoms. The van der Waals surface area contributed by atoms with E-state index >= 15 is 0 Å². The minimum absolute atomic E-state index is 0.166. The van der Waals surface area contributed by atoms with Crippen molar-refractivity contribution < 1.29 is 14.2 Å². The fraction of sp³-hybridized carbons (Fsp3) is 1.00. The Labute approximate surface area is 124 Å². The number of fused-ring (bicyclic) bond motifs is 1. The Bertz CT molecular complexity index is 247. The molecule has 4 atom stereocenters. The first kappa shape index (κ1) is 16.3. The number of hydrogen-bond donors (Lipinski definition) is 0. The van der Waals surface area contributed by atoms with Crippen LogP contribution in [-0.4, -0.2) is 32.2 Å². The van der Waals surface area contributed by atoms with Gasteiger partial charge in [0.05, 0.1) is 12.7 Å². The van der Waals surface area contributed by atoms with Gasteiger partial charge in [0.25, 0.3) is 0 Å². The van der Waals surface area contributed by atoms with Crippen molar-refractivity contribution in [2.24, 2.45) is 11.8 Å². The third kappa shape index (κ3) is 4.71. The first-order valence-electron chi connectivity index (χ1n) is 8.70. The van der Waals surface area contributed by atoms with Gasteiger partial charge in [-0.3, -0.25) is 0 Å². The Hall–Kier alpha value is -0.120. The molecule has 0 radical (unpaired) electrons. The zero-order valence-electron chi connectivity index (χ0n) is 13.3. The molecule has 2 aliphatic carbocycles. The van der Waals surface area contributed by atoms with Crippen LogP contribution in [0.25, 0.3) is 0 Å². The number of rotatable bonds is 8. The standard InChI is InChI=1S/C17H32O3/c1-3-12-19-17(13-18-4-2)20-16-11-7-9-14-8-5-6-10-15(14)16/h14-17H,3-13H2,1-2H3. The fourth-order valence-electron chi connectivity index (χ4n) is 3.83. The maximum atomic E-state index is 6.32. The van der Waals surface area contributed by atoms with Crippen molar-refractivity contribution in [1.29, 1.82) is 0 Å². The van der Waals surface area contributed by atoms with Gasteiger partial charge in [-0.25, -0.2) is 0 Å². The molecule has 0 aliphatic heterocycles. The van der Waals surface area contributed by atoms with Crippen LogP contribution < -0.4 is 0 Å². The summed E-state index contributed by atoms with van der Waals surface area (Å²) in [4.78, 5) is 0. The Kier molecular flexibility index (Phi) is 7.32. The van der Waals surface area contributed by atoms with Crippen LogP contribution in [0.4, 0.5) is 0 Å². The quantitative estimate of drug-likeness (QED) is 0.627. The van der Waals surface area contributed by atoms with Gasteiger partial charge in [0.15, 0.2) is 6.29 Å². The van der Waals surface area contributed by atoms with E-state index in [0.29, 0.717) is 12.7 Å². The minimum atomic E-state index is -0.166. The lowest BCUT2D eigenvalue weighted by atomic mass is 9.69. The van der Waals surface area contributed by atoms with Gasteiger partial charge in [-0.05, 0) is 44.4 Å². The Morgan fingerprint density at radius 3 is 2.60 bits per heavy atom. The van der Waals surface area contributed by atoms with Crippen LogP contribution in [-0.2, 0) is 14.2 Å². The third-order valence-corrected chi connectivity index (χ3v) is 4.80. The predicted octanol–water partition coefficient (Wildman–Crippen LogP) is 4.15. The van der Waals surface area contributed by atoms with Crippen LogP contribution in [0.2, 0.25) is 0 Å². The molecule has 0 saturated heterocycles. The van der Waals surface area contributed by atoms with Crippen molar-refractivity contribution in [3.8, 4) is 0 Å². The first-order valence-corrected chi connectivity index (χ1v) is 8.70. The molecule has 0 aromatic carbocycles. The van der Waals surface area contributed by atoms with Crippen molar-refractivity contribution >= 4 is 0 Å². The van der Waals surface area contributed by atoms with Crippen LogP contribution in [0.15, 0.2) is 0 Å². The molecular formula is C17H32O3. The van der Waals surface area contributed by atoms with Gasteiger partial charge in [-0.15, -0.1) is 0 Å². The monoisotopic (exact) mass is 284 g/mol. The lowest BCUT2D eigenvalue weighted by Crippen LogP contribution is -2.40. The third-order valence-electron chi connectivity index (χ3n) is 4.80. The summed E-state index contributed by atoms with van der Waals surface area (Å²) < 4.78 is 17.7. The Morgan fingerprint density at radius 1 is 1.00 bits per heavy atom. The van der Waals surface area contributed by atoms with Crippen molar-refractivity contribution in [2.75, 3.05) is 19.8 Å². The molecule has 118 valence electrons. The second-order valence-electron chi connectivity index (χ2n) is 6.27. The van der Waals surface area contributed by atoms with E-state index in [0.717, 1.165) is 31.5 Å². The lowest BCUT2D eigenvalue weighted by Gasteiger charge is -2.42. The van der Waals surface area contributed by atoms with Gasteiger partial charge in [-0.2, -0.15) is 0 Å². The molecule has 2 saturated carbocycles. The lowest BCUT2D eigenvalue weighted by molar-refractivity contribution is -0.216. The van der Waals surface area contributed by atoms with E-state index in [9.17, 15) is 0 Å². The SMILES string of the molecule is CCCOC(COCC)OC1CCCC2CCCCC21. The molecule has 4 unspecified atom stereocenters. The highest BCUT2D eigenvalue weighted by atomic mass is 16.7. The molecular weight excluding hydrogens is 252 g/mol. The predicted molar refractivity (Wildman–Crippen MR) is 80.7 cm³/mol. The van der Waals surface area contributed by atoms with E-state index in [-0.39, 0.29) is 6.29 Å². The Balaban J connectivity index is 1.86. The van der Waals surface area contributed by atoms with Gasteiger partial charge in [0, 0.05) is 13.2 Å². The van der Waals surface area contributed by atoms with E-state index in [1.54, 1.807) is 0 Å². The Morgan fingerprint density at radius 2 is 1.80 bits per heavy atom. The summed E-state index contributed by atoms with van der Waals surface area (Å²) >= 11 is 0. The smallest absolute Gasteiger partial charge is 0.181 e. The van der Waals surface area contributed by atoms with E-state index in [1.165, 1.54) is 44.9 Å². The zero-order valence-corrected chi connectivity index (χ0v) is 13.3.